The minimum absolute atomic E-state index is 0.104. The number of ether oxygens (including phenoxy) is 1. The first-order valence-electron chi connectivity index (χ1n) is 10.6. The van der Waals surface area contributed by atoms with Crippen LogP contribution in [0.3, 0.4) is 0 Å². The van der Waals surface area contributed by atoms with E-state index in [1.807, 2.05) is 55.5 Å². The van der Waals surface area contributed by atoms with Gasteiger partial charge >= 0.3 is 0 Å². The first-order valence-corrected chi connectivity index (χ1v) is 12.6. The average molecular weight is 571 g/mol. The summed E-state index contributed by atoms with van der Waals surface area (Å²) in [5.74, 6) is 0.185. The molecule has 3 aromatic carbocycles. The van der Waals surface area contributed by atoms with Gasteiger partial charge in [0, 0.05) is 17.2 Å². The third-order valence-electron chi connectivity index (χ3n) is 4.98. The van der Waals surface area contributed by atoms with Crippen molar-refractivity contribution in [2.75, 3.05) is 19.0 Å². The number of hydrogen-bond donors (Lipinski definition) is 1. The molecule has 0 aromatic heterocycles. The number of likely N-dealkylation sites (N-methyl/N-ethyl adjacent to an activating group) is 1. The number of nitrogens with one attached hydrogen (secondary N) is 1. The van der Waals surface area contributed by atoms with E-state index in [4.69, 9.17) is 16.3 Å². The molecule has 4 rings (SSSR count). The van der Waals surface area contributed by atoms with Crippen molar-refractivity contribution < 1.29 is 14.3 Å². The number of amidine groups is 1. The van der Waals surface area contributed by atoms with E-state index in [-0.39, 0.29) is 18.4 Å². The van der Waals surface area contributed by atoms with E-state index in [1.54, 1.807) is 31.3 Å². The number of halogens is 2. The van der Waals surface area contributed by atoms with Gasteiger partial charge in [-0.1, -0.05) is 35.9 Å². The Bertz CT molecular complexity index is 1340. The molecule has 1 aliphatic heterocycles. The molecule has 1 N–H and O–H groups in total. The number of thioether (sulfide) groups is 1. The summed E-state index contributed by atoms with van der Waals surface area (Å²) in [6, 6.07) is 20.1. The Morgan fingerprint density at radius 3 is 2.66 bits per heavy atom. The van der Waals surface area contributed by atoms with Crippen LogP contribution < -0.4 is 10.1 Å². The largest absolute Gasteiger partial charge is 0.484 e. The molecule has 0 atom stereocenters. The fourth-order valence-electron chi connectivity index (χ4n) is 3.20. The summed E-state index contributed by atoms with van der Waals surface area (Å²) in [7, 11) is 1.69. The molecule has 0 radical (unpaired) electrons. The second-order valence-electron chi connectivity index (χ2n) is 7.74. The number of rotatable bonds is 6. The van der Waals surface area contributed by atoms with Crippen molar-refractivity contribution in [2.45, 2.75) is 6.92 Å². The van der Waals surface area contributed by atoms with Crippen molar-refractivity contribution in [3.05, 3.63) is 92.3 Å². The van der Waals surface area contributed by atoms with E-state index in [0.717, 1.165) is 21.3 Å². The average Bonchev–Trinajstić information content (AvgIpc) is 3.08. The first-order chi connectivity index (χ1) is 16.8. The summed E-state index contributed by atoms with van der Waals surface area (Å²) in [6.45, 7) is 1.86. The standard InChI is InChI=1S/C26H21BrClN3O3S/c1-16-4-3-5-18(12-16)29-24(32)15-34-20-9-6-17(7-10-20)13-23-25(33)31(2)26(35-23)30-19-8-11-21(27)22(28)14-19/h3-14H,15H2,1-2H3,(H,29,32)/b23-13-,30-26?. The van der Waals surface area contributed by atoms with Gasteiger partial charge in [0.05, 0.1) is 15.6 Å². The summed E-state index contributed by atoms with van der Waals surface area (Å²) in [6.07, 6.45) is 1.80. The minimum Gasteiger partial charge on any atom is -0.484 e. The third kappa shape index (κ3) is 6.54. The fourth-order valence-corrected chi connectivity index (χ4v) is 4.61. The number of nitrogens with zero attached hydrogens (tertiary/aromatic N) is 2. The van der Waals surface area contributed by atoms with Crippen LogP contribution in [0.25, 0.3) is 6.08 Å². The molecule has 0 unspecified atom stereocenters. The summed E-state index contributed by atoms with van der Waals surface area (Å²) in [4.78, 5) is 31.5. The van der Waals surface area contributed by atoms with E-state index >= 15 is 0 Å². The topological polar surface area (TPSA) is 71.0 Å². The van der Waals surface area contributed by atoms with Crippen molar-refractivity contribution in [1.29, 1.82) is 0 Å². The van der Waals surface area contributed by atoms with E-state index < -0.39 is 0 Å². The zero-order valence-electron chi connectivity index (χ0n) is 18.9. The van der Waals surface area contributed by atoms with Crippen molar-refractivity contribution in [3.63, 3.8) is 0 Å². The van der Waals surface area contributed by atoms with Gasteiger partial charge in [0.1, 0.15) is 5.75 Å². The van der Waals surface area contributed by atoms with Gasteiger partial charge in [-0.05, 0) is 94.3 Å². The number of carbonyl (C=O) groups is 2. The molecular formula is C26H21BrClN3O3S. The molecule has 1 fully saturated rings. The third-order valence-corrected chi connectivity index (χ3v) is 7.27. The molecule has 0 aliphatic carbocycles. The highest BCUT2D eigenvalue weighted by molar-refractivity contribution is 9.10. The fraction of sp³-hybridized carbons (Fsp3) is 0.115. The number of amides is 2. The van der Waals surface area contributed by atoms with Gasteiger partial charge in [0.2, 0.25) is 0 Å². The highest BCUT2D eigenvalue weighted by Crippen LogP contribution is 2.34. The van der Waals surface area contributed by atoms with E-state index in [0.29, 0.717) is 26.5 Å². The van der Waals surface area contributed by atoms with Gasteiger partial charge in [-0.2, -0.15) is 0 Å². The molecule has 35 heavy (non-hydrogen) atoms. The van der Waals surface area contributed by atoms with Crippen LogP contribution in [0.5, 0.6) is 5.75 Å². The van der Waals surface area contributed by atoms with E-state index in [1.165, 1.54) is 16.7 Å². The summed E-state index contributed by atoms with van der Waals surface area (Å²) >= 11 is 10.8. The monoisotopic (exact) mass is 569 g/mol. The second-order valence-corrected chi connectivity index (χ2v) is 10.0. The van der Waals surface area contributed by atoms with E-state index in [2.05, 4.69) is 26.2 Å². The van der Waals surface area contributed by atoms with Crippen LogP contribution >= 0.6 is 39.3 Å². The Kier molecular flexibility index (Phi) is 7.95. The normalized spacial score (nSPS) is 15.7. The number of hydrogen-bond acceptors (Lipinski definition) is 5. The summed E-state index contributed by atoms with van der Waals surface area (Å²) in [5, 5.41) is 3.93. The van der Waals surface area contributed by atoms with Gasteiger partial charge < -0.3 is 10.1 Å². The maximum absolute atomic E-state index is 12.7. The summed E-state index contributed by atoms with van der Waals surface area (Å²) < 4.78 is 6.37. The number of aryl methyl sites for hydroxylation is 1. The molecule has 0 bridgehead atoms. The highest BCUT2D eigenvalue weighted by atomic mass is 79.9. The van der Waals surface area contributed by atoms with Crippen LogP contribution in [0.4, 0.5) is 11.4 Å². The molecule has 0 spiro atoms. The SMILES string of the molecule is Cc1cccc(NC(=O)COc2ccc(/C=C3\SC(=Nc4ccc(Br)c(Cl)c4)N(C)C3=O)cc2)c1. The quantitative estimate of drug-likeness (QED) is 0.336. The number of aliphatic imine (C=N–C) groups is 1. The van der Waals surface area contributed by atoms with Gasteiger partial charge in [-0.25, -0.2) is 4.99 Å². The molecule has 1 saturated heterocycles. The zero-order chi connectivity index (χ0) is 24.9. The van der Waals surface area contributed by atoms with Crippen LogP contribution in [0.15, 0.2) is 81.1 Å². The van der Waals surface area contributed by atoms with Crippen LogP contribution in [-0.2, 0) is 9.59 Å². The Morgan fingerprint density at radius 1 is 1.17 bits per heavy atom. The zero-order valence-corrected chi connectivity index (χ0v) is 22.1. The summed E-state index contributed by atoms with van der Waals surface area (Å²) in [5.41, 5.74) is 3.29. The molecule has 1 aliphatic rings. The lowest BCUT2D eigenvalue weighted by molar-refractivity contribution is -0.121. The maximum atomic E-state index is 12.7. The van der Waals surface area contributed by atoms with Crippen LogP contribution in [0.1, 0.15) is 11.1 Å². The van der Waals surface area contributed by atoms with Gasteiger partial charge in [-0.15, -0.1) is 0 Å². The van der Waals surface area contributed by atoms with Crippen molar-refractivity contribution in [2.24, 2.45) is 4.99 Å². The van der Waals surface area contributed by atoms with E-state index in [9.17, 15) is 9.59 Å². The lowest BCUT2D eigenvalue weighted by atomic mass is 10.2. The maximum Gasteiger partial charge on any atom is 0.266 e. The second kappa shape index (κ2) is 11.1. The molecule has 6 nitrogen and oxygen atoms in total. The van der Waals surface area contributed by atoms with Gasteiger partial charge in [0.25, 0.3) is 11.8 Å². The number of anilines is 1. The number of carbonyl (C=O) groups excluding carboxylic acids is 2. The Hall–Kier alpha value is -3.07. The van der Waals surface area contributed by atoms with Crippen LogP contribution in [-0.4, -0.2) is 35.5 Å². The lowest BCUT2D eigenvalue weighted by Crippen LogP contribution is -2.23. The lowest BCUT2D eigenvalue weighted by Gasteiger charge is -2.08. The predicted molar refractivity (Wildman–Crippen MR) is 146 cm³/mol. The minimum atomic E-state index is -0.239. The Morgan fingerprint density at radius 2 is 1.94 bits per heavy atom. The smallest absolute Gasteiger partial charge is 0.266 e. The molecule has 1 heterocycles. The van der Waals surface area contributed by atoms with Crippen LogP contribution in [0.2, 0.25) is 5.02 Å². The predicted octanol–water partition coefficient (Wildman–Crippen LogP) is 6.66. The molecule has 178 valence electrons. The Balaban J connectivity index is 1.38. The first kappa shape index (κ1) is 25.0. The Labute approximate surface area is 221 Å². The highest BCUT2D eigenvalue weighted by Gasteiger charge is 2.30. The number of benzene rings is 3. The molecule has 2 amide bonds. The molecular weight excluding hydrogens is 550 g/mol. The van der Waals surface area contributed by atoms with Crippen molar-refractivity contribution in [1.82, 2.24) is 4.90 Å². The molecule has 0 saturated carbocycles. The van der Waals surface area contributed by atoms with Crippen LogP contribution in [0, 0.1) is 6.92 Å². The van der Waals surface area contributed by atoms with Crippen molar-refractivity contribution >= 4 is 73.7 Å². The molecule has 3 aromatic rings. The molecule has 9 heteroatoms. The van der Waals surface area contributed by atoms with Crippen molar-refractivity contribution in [3.8, 4) is 5.75 Å². The van der Waals surface area contributed by atoms with Gasteiger partial charge in [0.15, 0.2) is 11.8 Å². The van der Waals surface area contributed by atoms with Gasteiger partial charge in [-0.3, -0.25) is 14.5 Å².